The van der Waals surface area contributed by atoms with Crippen LogP contribution in [0.4, 0.5) is 0 Å². The molecule has 0 radical (unpaired) electrons. The van der Waals surface area contributed by atoms with Crippen molar-refractivity contribution < 1.29 is 0 Å². The lowest BCUT2D eigenvalue weighted by Crippen LogP contribution is -2.37. The lowest BCUT2D eigenvalue weighted by atomic mass is 9.75. The van der Waals surface area contributed by atoms with Crippen molar-refractivity contribution in [3.05, 3.63) is 163 Å². The van der Waals surface area contributed by atoms with E-state index in [1.807, 2.05) is 0 Å². The summed E-state index contributed by atoms with van der Waals surface area (Å²) in [5, 5.41) is 6.75. The van der Waals surface area contributed by atoms with E-state index >= 15 is 0 Å². The van der Waals surface area contributed by atoms with Crippen LogP contribution in [0.1, 0.15) is 37.4 Å². The normalized spacial score (nSPS) is 17.9. The molecule has 2 nitrogen and oxygen atoms in total. The van der Waals surface area contributed by atoms with Crippen molar-refractivity contribution in [3.8, 4) is 39.1 Å². The first-order chi connectivity index (χ1) is 24.6. The first-order valence-electron chi connectivity index (χ1n) is 18.0. The minimum absolute atomic E-state index is 0.0753. The second kappa shape index (κ2) is 10.1. The van der Waals surface area contributed by atoms with Crippen LogP contribution in [0.25, 0.3) is 82.5 Å². The average Bonchev–Trinajstić information content (AvgIpc) is 3.79. The molecule has 9 aromatic rings. The highest BCUT2D eigenvalue weighted by Gasteiger charge is 2.40. The van der Waals surface area contributed by atoms with Gasteiger partial charge in [0.1, 0.15) is 0 Å². The molecule has 0 saturated heterocycles. The lowest BCUT2D eigenvalue weighted by Gasteiger charge is -2.40. The van der Waals surface area contributed by atoms with Gasteiger partial charge in [-0.3, -0.25) is 0 Å². The van der Waals surface area contributed by atoms with Crippen molar-refractivity contribution in [2.45, 2.75) is 38.1 Å². The largest absolute Gasteiger partial charge is 0.334 e. The van der Waals surface area contributed by atoms with E-state index in [1.54, 1.807) is 0 Å². The molecule has 2 aromatic heterocycles. The average molecular weight is 641 g/mol. The van der Waals surface area contributed by atoms with Crippen molar-refractivity contribution >= 4 is 43.5 Å². The molecule has 2 heterocycles. The maximum Gasteiger partial charge on any atom is 0.0534 e. The first kappa shape index (κ1) is 28.0. The second-order valence-electron chi connectivity index (χ2n) is 14.8. The monoisotopic (exact) mass is 640 g/mol. The van der Waals surface area contributed by atoms with E-state index in [1.165, 1.54) is 93.8 Å². The zero-order valence-electron chi connectivity index (χ0n) is 28.3. The van der Waals surface area contributed by atoms with Crippen molar-refractivity contribution in [2.75, 3.05) is 0 Å². The van der Waals surface area contributed by atoms with Gasteiger partial charge in [-0.2, -0.15) is 0 Å². The summed E-state index contributed by atoms with van der Waals surface area (Å²) in [7, 11) is 0. The van der Waals surface area contributed by atoms with E-state index in [0.29, 0.717) is 5.92 Å². The van der Waals surface area contributed by atoms with Crippen molar-refractivity contribution in [1.29, 1.82) is 0 Å². The minimum atomic E-state index is -0.0753. The van der Waals surface area contributed by atoms with Crippen LogP contribution < -0.4 is 0 Å². The molecule has 0 aliphatic heterocycles. The molecule has 0 fully saturated rings. The van der Waals surface area contributed by atoms with Gasteiger partial charge in [-0.05, 0) is 106 Å². The molecule has 0 N–H and O–H groups in total. The van der Waals surface area contributed by atoms with Gasteiger partial charge in [0.2, 0.25) is 0 Å². The van der Waals surface area contributed by atoms with Crippen LogP contribution in [0.2, 0.25) is 0 Å². The van der Waals surface area contributed by atoms with Gasteiger partial charge in [-0.15, -0.1) is 0 Å². The highest BCUT2D eigenvalue weighted by molar-refractivity contribution is 6.18. The molecule has 0 amide bonds. The van der Waals surface area contributed by atoms with E-state index in [-0.39, 0.29) is 5.54 Å². The summed E-state index contributed by atoms with van der Waals surface area (Å²) in [5.41, 5.74) is 16.0. The zero-order chi connectivity index (χ0) is 33.1. The molecular formula is C48H36N2. The summed E-state index contributed by atoms with van der Waals surface area (Å²) >= 11 is 0. The van der Waals surface area contributed by atoms with Crippen molar-refractivity contribution in [1.82, 2.24) is 9.13 Å². The van der Waals surface area contributed by atoms with Gasteiger partial charge in [0.15, 0.2) is 0 Å². The summed E-state index contributed by atoms with van der Waals surface area (Å²) in [6, 6.07) is 56.6. The third-order valence-corrected chi connectivity index (χ3v) is 11.9. The van der Waals surface area contributed by atoms with Gasteiger partial charge in [0.05, 0.1) is 5.52 Å². The first-order valence-corrected chi connectivity index (χ1v) is 18.0. The lowest BCUT2D eigenvalue weighted by molar-refractivity contribution is 0.268. The Labute approximate surface area is 291 Å². The third-order valence-electron chi connectivity index (χ3n) is 11.9. The van der Waals surface area contributed by atoms with E-state index in [2.05, 4.69) is 175 Å². The van der Waals surface area contributed by atoms with Crippen LogP contribution in [-0.2, 0) is 12.0 Å². The Balaban J connectivity index is 1.09. The minimum Gasteiger partial charge on any atom is -0.334 e. The standard InChI is InChI=1S/C48H36N2/c1-30-28-48(2,50-44-23-9-6-17-36(44)37-18-7-10-24-45(37)50)29-42-38-19-5-8-22-43(38)49(47(30)42)32-14-11-13-31(27-32)33-25-26-41-35-16-4-3-15-34(35)40-21-12-20-39(33)46(40)41/h3-27,30H,28-29H2,1-2H3. The number of hydrogen-bond donors (Lipinski definition) is 0. The molecule has 11 rings (SSSR count). The van der Waals surface area contributed by atoms with E-state index in [9.17, 15) is 0 Å². The number of fused-ring (bicyclic) bond motifs is 9. The Hall–Kier alpha value is -5.86. The molecule has 2 aliphatic rings. The molecule has 2 aliphatic carbocycles. The third kappa shape index (κ3) is 3.68. The van der Waals surface area contributed by atoms with Gasteiger partial charge >= 0.3 is 0 Å². The van der Waals surface area contributed by atoms with E-state index < -0.39 is 0 Å². The Morgan fingerprint density at radius 3 is 1.82 bits per heavy atom. The number of nitrogens with zero attached hydrogens (tertiary/aromatic N) is 2. The SMILES string of the molecule is CC1CC(C)(n2c3ccccc3c3ccccc32)Cc2c1n(-c1cccc(-c3ccc4c5c(cccc35)-c3ccccc3-4)c1)c1ccccc21. The van der Waals surface area contributed by atoms with Crippen LogP contribution in [0.15, 0.2) is 152 Å². The molecule has 0 bridgehead atoms. The maximum absolute atomic E-state index is 2.66. The molecular weight excluding hydrogens is 605 g/mol. The number of aromatic nitrogens is 2. The van der Waals surface area contributed by atoms with Crippen LogP contribution in [-0.4, -0.2) is 9.13 Å². The Bertz CT molecular complexity index is 2780. The predicted molar refractivity (Wildman–Crippen MR) is 210 cm³/mol. The quantitative estimate of drug-likeness (QED) is 0.182. The predicted octanol–water partition coefficient (Wildman–Crippen LogP) is 12.7. The number of benzene rings is 7. The van der Waals surface area contributed by atoms with Gasteiger partial charge in [-0.25, -0.2) is 0 Å². The summed E-state index contributed by atoms with van der Waals surface area (Å²) < 4.78 is 5.25. The van der Waals surface area contributed by atoms with Crippen LogP contribution >= 0.6 is 0 Å². The Morgan fingerprint density at radius 1 is 0.520 bits per heavy atom. The molecule has 2 atom stereocenters. The fraction of sp³-hybridized carbons (Fsp3) is 0.125. The van der Waals surface area contributed by atoms with Gasteiger partial charge in [0.25, 0.3) is 0 Å². The highest BCUT2D eigenvalue weighted by atomic mass is 15.1. The van der Waals surface area contributed by atoms with Crippen molar-refractivity contribution in [3.63, 3.8) is 0 Å². The topological polar surface area (TPSA) is 9.86 Å². The molecule has 2 unspecified atom stereocenters. The summed E-state index contributed by atoms with van der Waals surface area (Å²) in [6.45, 7) is 4.94. The van der Waals surface area contributed by atoms with Gasteiger partial charge in [-0.1, -0.05) is 128 Å². The number of rotatable bonds is 3. The summed E-state index contributed by atoms with van der Waals surface area (Å²) in [5.74, 6) is 0.356. The van der Waals surface area contributed by atoms with Crippen molar-refractivity contribution in [2.24, 2.45) is 0 Å². The van der Waals surface area contributed by atoms with Crippen LogP contribution in [0.5, 0.6) is 0 Å². The highest BCUT2D eigenvalue weighted by Crippen LogP contribution is 2.51. The molecule has 2 heteroatoms. The molecule has 7 aromatic carbocycles. The Kier molecular flexibility index (Phi) is 5.65. The maximum atomic E-state index is 2.66. The van der Waals surface area contributed by atoms with Crippen LogP contribution in [0.3, 0.4) is 0 Å². The second-order valence-corrected chi connectivity index (χ2v) is 14.8. The number of para-hydroxylation sites is 3. The number of hydrogen-bond acceptors (Lipinski definition) is 0. The summed E-state index contributed by atoms with van der Waals surface area (Å²) in [4.78, 5) is 0. The van der Waals surface area contributed by atoms with E-state index in [4.69, 9.17) is 0 Å². The molecule has 0 spiro atoms. The van der Waals surface area contributed by atoms with Crippen LogP contribution in [0, 0.1) is 0 Å². The summed E-state index contributed by atoms with van der Waals surface area (Å²) in [6.07, 6.45) is 2.05. The smallest absolute Gasteiger partial charge is 0.0534 e. The molecule has 238 valence electrons. The zero-order valence-corrected chi connectivity index (χ0v) is 28.3. The van der Waals surface area contributed by atoms with E-state index in [0.717, 1.165) is 12.8 Å². The fourth-order valence-corrected chi connectivity index (χ4v) is 10.1. The van der Waals surface area contributed by atoms with Gasteiger partial charge < -0.3 is 9.13 Å². The van der Waals surface area contributed by atoms with Gasteiger partial charge in [0, 0.05) is 44.1 Å². The molecule has 50 heavy (non-hydrogen) atoms. The molecule has 0 saturated carbocycles. The Morgan fingerprint density at radius 2 is 1.08 bits per heavy atom. The fourth-order valence-electron chi connectivity index (χ4n) is 10.1.